The quantitative estimate of drug-likeness (QED) is 0.830. The number of rotatable bonds is 7. The van der Waals surface area contributed by atoms with E-state index in [9.17, 15) is 4.79 Å². The number of nitrogens with one attached hydrogen (secondary N) is 1. The summed E-state index contributed by atoms with van der Waals surface area (Å²) in [6.07, 6.45) is 3.82. The number of nitrogens with zero attached hydrogens (tertiary/aromatic N) is 2. The zero-order valence-corrected chi connectivity index (χ0v) is 14.2. The van der Waals surface area contributed by atoms with Crippen LogP contribution in [0, 0.1) is 6.92 Å². The standard InChI is InChI=1S/C19H25N3O/c1-4-12-22(13-5-2)18-14-16(10-11-20-18)19(23)21-17-9-7-6-8-15(17)3/h6-11,14H,4-5,12-13H2,1-3H3,(H,21,23). The van der Waals surface area contributed by atoms with Gasteiger partial charge in [0, 0.05) is 30.5 Å². The molecule has 2 aromatic rings. The molecule has 4 nitrogen and oxygen atoms in total. The Balaban J connectivity index is 2.18. The molecule has 0 unspecified atom stereocenters. The summed E-state index contributed by atoms with van der Waals surface area (Å²) in [7, 11) is 0. The highest BCUT2D eigenvalue weighted by molar-refractivity contribution is 6.05. The second kappa shape index (κ2) is 8.32. The molecule has 1 heterocycles. The third-order valence-corrected chi connectivity index (χ3v) is 3.71. The zero-order valence-electron chi connectivity index (χ0n) is 14.2. The van der Waals surface area contributed by atoms with Crippen molar-refractivity contribution in [1.82, 2.24) is 4.98 Å². The van der Waals surface area contributed by atoms with Crippen LogP contribution in [0.4, 0.5) is 11.5 Å². The van der Waals surface area contributed by atoms with Crippen molar-refractivity contribution in [1.29, 1.82) is 0 Å². The largest absolute Gasteiger partial charge is 0.357 e. The first-order chi connectivity index (χ1) is 11.2. The lowest BCUT2D eigenvalue weighted by Crippen LogP contribution is -2.26. The maximum absolute atomic E-state index is 12.5. The number of pyridine rings is 1. The van der Waals surface area contributed by atoms with Crippen molar-refractivity contribution in [2.75, 3.05) is 23.3 Å². The molecule has 0 fully saturated rings. The molecule has 0 bridgehead atoms. The Labute approximate surface area is 138 Å². The highest BCUT2D eigenvalue weighted by Crippen LogP contribution is 2.17. The van der Waals surface area contributed by atoms with Crippen molar-refractivity contribution in [3.05, 3.63) is 53.7 Å². The highest BCUT2D eigenvalue weighted by Gasteiger charge is 2.11. The van der Waals surface area contributed by atoms with Crippen LogP contribution < -0.4 is 10.2 Å². The van der Waals surface area contributed by atoms with Crippen LogP contribution in [0.5, 0.6) is 0 Å². The Morgan fingerprint density at radius 3 is 2.48 bits per heavy atom. The summed E-state index contributed by atoms with van der Waals surface area (Å²) >= 11 is 0. The van der Waals surface area contributed by atoms with E-state index in [2.05, 4.69) is 29.0 Å². The number of hydrogen-bond acceptors (Lipinski definition) is 3. The number of aryl methyl sites for hydroxylation is 1. The summed E-state index contributed by atoms with van der Waals surface area (Å²) < 4.78 is 0. The molecule has 0 atom stereocenters. The van der Waals surface area contributed by atoms with Crippen LogP contribution in [0.2, 0.25) is 0 Å². The van der Waals surface area contributed by atoms with Crippen molar-refractivity contribution in [3.63, 3.8) is 0 Å². The lowest BCUT2D eigenvalue weighted by molar-refractivity contribution is 0.102. The van der Waals surface area contributed by atoms with E-state index < -0.39 is 0 Å². The molecule has 0 saturated heterocycles. The predicted octanol–water partition coefficient (Wildman–Crippen LogP) is 4.27. The summed E-state index contributed by atoms with van der Waals surface area (Å²) in [5.74, 6) is 0.766. The monoisotopic (exact) mass is 311 g/mol. The molecule has 2 rings (SSSR count). The Morgan fingerprint density at radius 2 is 1.83 bits per heavy atom. The van der Waals surface area contributed by atoms with Crippen molar-refractivity contribution >= 4 is 17.4 Å². The predicted molar refractivity (Wildman–Crippen MR) is 96.2 cm³/mol. The Morgan fingerprint density at radius 1 is 1.13 bits per heavy atom. The van der Waals surface area contributed by atoms with Crippen LogP contribution in [0.1, 0.15) is 42.6 Å². The van der Waals surface area contributed by atoms with E-state index in [1.807, 2.05) is 37.3 Å². The summed E-state index contributed by atoms with van der Waals surface area (Å²) in [6.45, 7) is 8.18. The lowest BCUT2D eigenvalue weighted by atomic mass is 10.2. The maximum atomic E-state index is 12.5. The second-order valence-corrected chi connectivity index (χ2v) is 5.66. The number of aromatic nitrogens is 1. The fourth-order valence-electron chi connectivity index (χ4n) is 2.52. The minimum Gasteiger partial charge on any atom is -0.357 e. The molecule has 122 valence electrons. The van der Waals surface area contributed by atoms with Gasteiger partial charge in [-0.15, -0.1) is 0 Å². The molecule has 0 aliphatic heterocycles. The molecule has 0 aliphatic carbocycles. The topological polar surface area (TPSA) is 45.2 Å². The smallest absolute Gasteiger partial charge is 0.255 e. The summed E-state index contributed by atoms with van der Waals surface area (Å²) in [5.41, 5.74) is 2.53. The van der Waals surface area contributed by atoms with Crippen molar-refractivity contribution in [2.24, 2.45) is 0 Å². The lowest BCUT2D eigenvalue weighted by Gasteiger charge is -2.22. The molecule has 1 amide bonds. The van der Waals surface area contributed by atoms with E-state index in [4.69, 9.17) is 0 Å². The first-order valence-corrected chi connectivity index (χ1v) is 8.23. The van der Waals surface area contributed by atoms with Crippen LogP contribution >= 0.6 is 0 Å². The summed E-state index contributed by atoms with van der Waals surface area (Å²) in [5, 5.41) is 2.97. The first-order valence-electron chi connectivity index (χ1n) is 8.23. The van der Waals surface area contributed by atoms with E-state index in [0.717, 1.165) is 43.0 Å². The number of para-hydroxylation sites is 1. The fraction of sp³-hybridized carbons (Fsp3) is 0.368. The van der Waals surface area contributed by atoms with E-state index in [0.29, 0.717) is 5.56 Å². The van der Waals surface area contributed by atoms with Gasteiger partial charge >= 0.3 is 0 Å². The second-order valence-electron chi connectivity index (χ2n) is 5.66. The van der Waals surface area contributed by atoms with Crippen LogP contribution in [-0.2, 0) is 0 Å². The number of hydrogen-bond donors (Lipinski definition) is 1. The van der Waals surface area contributed by atoms with Gasteiger partial charge in [0.1, 0.15) is 5.82 Å². The van der Waals surface area contributed by atoms with Crippen LogP contribution in [0.3, 0.4) is 0 Å². The first kappa shape index (κ1) is 17.0. The molecule has 0 saturated carbocycles. The molecule has 1 aromatic carbocycles. The molecule has 23 heavy (non-hydrogen) atoms. The molecule has 1 N–H and O–H groups in total. The molecule has 0 aliphatic rings. The van der Waals surface area contributed by atoms with Gasteiger partial charge in [0.15, 0.2) is 0 Å². The maximum Gasteiger partial charge on any atom is 0.255 e. The number of carbonyl (C=O) groups excluding carboxylic acids is 1. The Kier molecular flexibility index (Phi) is 6.15. The summed E-state index contributed by atoms with van der Waals surface area (Å²) in [4.78, 5) is 19.2. The minimum atomic E-state index is -0.101. The summed E-state index contributed by atoms with van der Waals surface area (Å²) in [6, 6.07) is 11.4. The van der Waals surface area contributed by atoms with Crippen LogP contribution in [-0.4, -0.2) is 24.0 Å². The molecule has 4 heteroatoms. The fourth-order valence-corrected chi connectivity index (χ4v) is 2.52. The van der Waals surface area contributed by atoms with Crippen molar-refractivity contribution < 1.29 is 4.79 Å². The Hall–Kier alpha value is -2.36. The molecule has 1 aromatic heterocycles. The van der Waals surface area contributed by atoms with Gasteiger partial charge in [0.25, 0.3) is 5.91 Å². The van der Waals surface area contributed by atoms with E-state index in [1.54, 1.807) is 12.3 Å². The highest BCUT2D eigenvalue weighted by atomic mass is 16.1. The van der Waals surface area contributed by atoms with E-state index in [-0.39, 0.29) is 5.91 Å². The van der Waals surface area contributed by atoms with Crippen LogP contribution in [0.25, 0.3) is 0 Å². The van der Waals surface area contributed by atoms with Crippen molar-refractivity contribution in [2.45, 2.75) is 33.6 Å². The average Bonchev–Trinajstić information content (AvgIpc) is 2.57. The number of benzene rings is 1. The molecule has 0 spiro atoms. The number of carbonyl (C=O) groups is 1. The normalized spacial score (nSPS) is 10.4. The van der Waals surface area contributed by atoms with Gasteiger partial charge in [-0.25, -0.2) is 4.98 Å². The zero-order chi connectivity index (χ0) is 16.7. The van der Waals surface area contributed by atoms with E-state index >= 15 is 0 Å². The molecular weight excluding hydrogens is 286 g/mol. The van der Waals surface area contributed by atoms with Gasteiger partial charge in [-0.05, 0) is 43.5 Å². The van der Waals surface area contributed by atoms with E-state index in [1.165, 1.54) is 0 Å². The SMILES string of the molecule is CCCN(CCC)c1cc(C(=O)Nc2ccccc2C)ccn1. The van der Waals surface area contributed by atoms with Gasteiger partial charge < -0.3 is 10.2 Å². The minimum absolute atomic E-state index is 0.101. The van der Waals surface area contributed by atoms with Gasteiger partial charge in [-0.1, -0.05) is 32.0 Å². The number of amides is 1. The van der Waals surface area contributed by atoms with Gasteiger partial charge in [-0.3, -0.25) is 4.79 Å². The van der Waals surface area contributed by atoms with Crippen molar-refractivity contribution in [3.8, 4) is 0 Å². The van der Waals surface area contributed by atoms with Gasteiger partial charge in [0.2, 0.25) is 0 Å². The number of anilines is 2. The Bertz CT molecular complexity index is 649. The third kappa shape index (κ3) is 4.55. The third-order valence-electron chi connectivity index (χ3n) is 3.71. The molecular formula is C19H25N3O. The van der Waals surface area contributed by atoms with Gasteiger partial charge in [0.05, 0.1) is 0 Å². The average molecular weight is 311 g/mol. The van der Waals surface area contributed by atoms with Gasteiger partial charge in [-0.2, -0.15) is 0 Å². The molecule has 0 radical (unpaired) electrons. The van der Waals surface area contributed by atoms with Crippen LogP contribution in [0.15, 0.2) is 42.6 Å².